The quantitative estimate of drug-likeness (QED) is 0.547. The number of thiocarbonyl (C=S) groups is 1. The standard InChI is InChI=1S/C13H8ClN5OS2/c14-11-9(2-1-5-15-11)16-13(21)17-12(20)7-3-4-8-10(6-7)19-22-18-8/h1-6H,(H2,16,17,20,21). The third-order valence-corrected chi connectivity index (χ3v) is 3.81. The van der Waals surface area contributed by atoms with Crippen LogP contribution < -0.4 is 10.6 Å². The second kappa shape index (κ2) is 6.30. The number of nitrogens with one attached hydrogen (secondary N) is 2. The fraction of sp³-hybridized carbons (Fsp3) is 0. The van der Waals surface area contributed by atoms with Gasteiger partial charge in [-0.25, -0.2) is 4.98 Å². The Kier molecular flexibility index (Phi) is 4.23. The van der Waals surface area contributed by atoms with Crippen LogP contribution in [0.1, 0.15) is 10.4 Å². The minimum atomic E-state index is -0.340. The van der Waals surface area contributed by atoms with Crippen molar-refractivity contribution in [1.29, 1.82) is 0 Å². The molecule has 9 heteroatoms. The topological polar surface area (TPSA) is 79.8 Å². The zero-order valence-corrected chi connectivity index (χ0v) is 13.3. The molecule has 0 unspecified atom stereocenters. The number of hydrogen-bond acceptors (Lipinski definition) is 6. The number of carbonyl (C=O) groups excluding carboxylic acids is 1. The Balaban J connectivity index is 1.70. The van der Waals surface area contributed by atoms with E-state index in [1.807, 2.05) is 0 Å². The molecule has 0 spiro atoms. The fourth-order valence-electron chi connectivity index (χ4n) is 1.73. The first-order valence-electron chi connectivity index (χ1n) is 6.08. The Morgan fingerprint density at radius 2 is 2.05 bits per heavy atom. The van der Waals surface area contributed by atoms with Crippen LogP contribution in [0.4, 0.5) is 5.69 Å². The number of carbonyl (C=O) groups is 1. The van der Waals surface area contributed by atoms with E-state index in [1.54, 1.807) is 36.5 Å². The summed E-state index contributed by atoms with van der Waals surface area (Å²) in [4.78, 5) is 16.1. The monoisotopic (exact) mass is 349 g/mol. The maximum atomic E-state index is 12.2. The highest BCUT2D eigenvalue weighted by Gasteiger charge is 2.11. The van der Waals surface area contributed by atoms with Crippen LogP contribution in [0.15, 0.2) is 36.5 Å². The first kappa shape index (κ1) is 14.8. The molecule has 2 aromatic heterocycles. The van der Waals surface area contributed by atoms with E-state index in [0.29, 0.717) is 16.8 Å². The Morgan fingerprint density at radius 3 is 2.86 bits per heavy atom. The van der Waals surface area contributed by atoms with Crippen LogP contribution in [0.5, 0.6) is 0 Å². The van der Waals surface area contributed by atoms with Gasteiger partial charge in [-0.15, -0.1) is 0 Å². The number of nitrogens with zero attached hydrogens (tertiary/aromatic N) is 3. The molecule has 0 radical (unpaired) electrons. The maximum Gasteiger partial charge on any atom is 0.257 e. The predicted octanol–water partition coefficient (Wildman–Crippen LogP) is 2.87. The fourth-order valence-corrected chi connectivity index (χ4v) is 2.62. The summed E-state index contributed by atoms with van der Waals surface area (Å²) in [6.45, 7) is 0. The maximum absolute atomic E-state index is 12.2. The molecule has 2 N–H and O–H groups in total. The van der Waals surface area contributed by atoms with Gasteiger partial charge in [-0.3, -0.25) is 10.1 Å². The minimum absolute atomic E-state index is 0.136. The number of hydrogen-bond donors (Lipinski definition) is 2. The molecule has 3 rings (SSSR count). The molecule has 6 nitrogen and oxygen atoms in total. The van der Waals surface area contributed by atoms with E-state index >= 15 is 0 Å². The number of benzene rings is 1. The first-order chi connectivity index (χ1) is 10.6. The number of anilines is 1. The molecule has 1 aromatic carbocycles. The van der Waals surface area contributed by atoms with E-state index in [-0.39, 0.29) is 16.2 Å². The molecule has 0 aliphatic rings. The van der Waals surface area contributed by atoms with Gasteiger partial charge in [0.1, 0.15) is 11.0 Å². The molecule has 0 aliphatic heterocycles. The highest BCUT2D eigenvalue weighted by molar-refractivity contribution is 7.80. The van der Waals surface area contributed by atoms with Gasteiger partial charge in [-0.2, -0.15) is 8.75 Å². The second-order valence-electron chi connectivity index (χ2n) is 4.22. The van der Waals surface area contributed by atoms with Gasteiger partial charge < -0.3 is 5.32 Å². The van der Waals surface area contributed by atoms with Gasteiger partial charge in [0.15, 0.2) is 10.3 Å². The molecular weight excluding hydrogens is 342 g/mol. The van der Waals surface area contributed by atoms with Gasteiger partial charge >= 0.3 is 0 Å². The number of pyridine rings is 1. The van der Waals surface area contributed by atoms with Gasteiger partial charge in [0.2, 0.25) is 0 Å². The zero-order valence-electron chi connectivity index (χ0n) is 10.9. The first-order valence-corrected chi connectivity index (χ1v) is 7.60. The molecule has 2 heterocycles. The van der Waals surface area contributed by atoms with Crippen LogP contribution in [0.25, 0.3) is 11.0 Å². The molecule has 1 amide bonds. The van der Waals surface area contributed by atoms with Crippen LogP contribution >= 0.6 is 35.5 Å². The van der Waals surface area contributed by atoms with Crippen molar-refractivity contribution in [2.75, 3.05) is 5.32 Å². The van der Waals surface area contributed by atoms with E-state index in [4.69, 9.17) is 23.8 Å². The summed E-state index contributed by atoms with van der Waals surface area (Å²) in [6, 6.07) is 8.48. The summed E-state index contributed by atoms with van der Waals surface area (Å²) >= 11 is 12.1. The van der Waals surface area contributed by atoms with E-state index in [1.165, 1.54) is 0 Å². The van der Waals surface area contributed by atoms with Gasteiger partial charge in [-0.05, 0) is 42.5 Å². The lowest BCUT2D eigenvalue weighted by Gasteiger charge is -2.10. The highest BCUT2D eigenvalue weighted by Crippen LogP contribution is 2.17. The smallest absolute Gasteiger partial charge is 0.257 e. The molecule has 0 bridgehead atoms. The molecule has 110 valence electrons. The number of fused-ring (bicyclic) bond motifs is 1. The van der Waals surface area contributed by atoms with Crippen molar-refractivity contribution in [3.05, 3.63) is 47.2 Å². The number of aromatic nitrogens is 3. The number of amides is 1. The van der Waals surface area contributed by atoms with Crippen molar-refractivity contribution in [2.45, 2.75) is 0 Å². The highest BCUT2D eigenvalue weighted by atomic mass is 35.5. The second-order valence-corrected chi connectivity index (χ2v) is 5.51. The van der Waals surface area contributed by atoms with Gasteiger partial charge in [0.25, 0.3) is 5.91 Å². The molecule has 0 fully saturated rings. The zero-order chi connectivity index (χ0) is 15.5. The summed E-state index contributed by atoms with van der Waals surface area (Å²) in [5.41, 5.74) is 2.39. The predicted molar refractivity (Wildman–Crippen MR) is 90.3 cm³/mol. The van der Waals surface area contributed by atoms with Crippen molar-refractivity contribution >= 4 is 63.3 Å². The SMILES string of the molecule is O=C(NC(=S)Nc1cccnc1Cl)c1ccc2nsnc2c1. The van der Waals surface area contributed by atoms with Crippen LogP contribution in [-0.4, -0.2) is 24.8 Å². The molecule has 0 atom stereocenters. The van der Waals surface area contributed by atoms with Crippen LogP contribution in [0.2, 0.25) is 5.15 Å². The van der Waals surface area contributed by atoms with Gasteiger partial charge in [0.05, 0.1) is 17.4 Å². The van der Waals surface area contributed by atoms with E-state index in [0.717, 1.165) is 17.2 Å². The Labute approximate surface area is 139 Å². The third kappa shape index (κ3) is 3.19. The van der Waals surface area contributed by atoms with Crippen molar-refractivity contribution in [3.63, 3.8) is 0 Å². The molecule has 22 heavy (non-hydrogen) atoms. The van der Waals surface area contributed by atoms with Crippen LogP contribution in [0, 0.1) is 0 Å². The Morgan fingerprint density at radius 1 is 1.23 bits per heavy atom. The van der Waals surface area contributed by atoms with E-state index in [2.05, 4.69) is 24.4 Å². The average molecular weight is 350 g/mol. The summed E-state index contributed by atoms with van der Waals surface area (Å²) in [5, 5.41) is 5.81. The summed E-state index contributed by atoms with van der Waals surface area (Å²) in [6.07, 6.45) is 1.56. The molecule has 0 aliphatic carbocycles. The lowest BCUT2D eigenvalue weighted by Crippen LogP contribution is -2.34. The average Bonchev–Trinajstić information content (AvgIpc) is 2.97. The number of rotatable bonds is 2. The third-order valence-electron chi connectivity index (χ3n) is 2.75. The van der Waals surface area contributed by atoms with Crippen LogP contribution in [0.3, 0.4) is 0 Å². The summed E-state index contributed by atoms with van der Waals surface area (Å²) < 4.78 is 8.18. The Hall–Kier alpha value is -2.16. The van der Waals surface area contributed by atoms with E-state index in [9.17, 15) is 4.79 Å². The minimum Gasteiger partial charge on any atom is -0.330 e. The molecular formula is C13H8ClN5OS2. The molecule has 0 saturated heterocycles. The molecule has 3 aromatic rings. The van der Waals surface area contributed by atoms with Crippen molar-refractivity contribution in [1.82, 2.24) is 19.0 Å². The van der Waals surface area contributed by atoms with Crippen molar-refractivity contribution in [2.24, 2.45) is 0 Å². The summed E-state index contributed by atoms with van der Waals surface area (Å²) in [5.74, 6) is -0.340. The van der Waals surface area contributed by atoms with Gasteiger partial charge in [0, 0.05) is 11.8 Å². The lowest BCUT2D eigenvalue weighted by molar-refractivity contribution is 0.0978. The largest absolute Gasteiger partial charge is 0.330 e. The lowest BCUT2D eigenvalue weighted by atomic mass is 10.2. The Bertz CT molecular complexity index is 866. The summed E-state index contributed by atoms with van der Waals surface area (Å²) in [7, 11) is 0. The number of halogens is 1. The van der Waals surface area contributed by atoms with Gasteiger partial charge in [-0.1, -0.05) is 11.6 Å². The normalized spacial score (nSPS) is 10.4. The van der Waals surface area contributed by atoms with Crippen LogP contribution in [-0.2, 0) is 0 Å². The van der Waals surface area contributed by atoms with E-state index < -0.39 is 0 Å². The van der Waals surface area contributed by atoms with Crippen molar-refractivity contribution in [3.8, 4) is 0 Å². The van der Waals surface area contributed by atoms with Crippen molar-refractivity contribution < 1.29 is 4.79 Å². The molecule has 0 saturated carbocycles.